The smallest absolute Gasteiger partial charge is 0.335 e. The average Bonchev–Trinajstić information content (AvgIpc) is 2.74. The molecule has 0 spiro atoms. The minimum Gasteiger partial charge on any atom is -0.478 e. The van der Waals surface area contributed by atoms with E-state index in [1.165, 1.54) is 42.7 Å². The molecule has 0 saturated heterocycles. The second-order valence-corrected chi connectivity index (χ2v) is 6.82. The van der Waals surface area contributed by atoms with Crippen molar-refractivity contribution in [3.05, 3.63) is 75.1 Å². The maximum absolute atomic E-state index is 12.4. The van der Waals surface area contributed by atoms with Crippen molar-refractivity contribution in [1.29, 1.82) is 0 Å². The number of nitrogens with zero attached hydrogens (tertiary/aromatic N) is 1. The fourth-order valence-corrected chi connectivity index (χ4v) is 2.74. The minimum absolute atomic E-state index is 0.0967. The van der Waals surface area contributed by atoms with Crippen molar-refractivity contribution in [3.8, 4) is 0 Å². The number of carboxylic acids is 1. The van der Waals surface area contributed by atoms with Gasteiger partial charge in [0, 0.05) is 29.6 Å². The zero-order valence-corrected chi connectivity index (χ0v) is 16.7. The van der Waals surface area contributed by atoms with Gasteiger partial charge in [0.1, 0.15) is 11.8 Å². The van der Waals surface area contributed by atoms with Gasteiger partial charge in [0.25, 0.3) is 0 Å². The molecule has 9 nitrogen and oxygen atoms in total. The summed E-state index contributed by atoms with van der Waals surface area (Å²) in [5.74, 6) is -2.01. The first-order valence-corrected chi connectivity index (χ1v) is 9.37. The van der Waals surface area contributed by atoms with Crippen LogP contribution in [0.2, 0.25) is 5.02 Å². The van der Waals surface area contributed by atoms with Crippen molar-refractivity contribution in [2.45, 2.75) is 12.8 Å². The fourth-order valence-electron chi connectivity index (χ4n) is 2.58. The maximum Gasteiger partial charge on any atom is 0.335 e. The van der Waals surface area contributed by atoms with Gasteiger partial charge in [-0.2, -0.15) is 5.10 Å². The molecule has 2 aromatic carbocycles. The maximum atomic E-state index is 12.4. The van der Waals surface area contributed by atoms with Crippen LogP contribution in [0.15, 0.2) is 63.0 Å². The number of carbonyl (C=O) groups excluding carboxylic acids is 2. The Bertz CT molecular complexity index is 1230. The number of aromatic carboxylic acids is 1. The van der Waals surface area contributed by atoms with Crippen LogP contribution in [0.3, 0.4) is 0 Å². The highest BCUT2D eigenvalue weighted by molar-refractivity contribution is 6.31. The Hall–Kier alpha value is -3.98. The van der Waals surface area contributed by atoms with E-state index in [0.717, 1.165) is 6.21 Å². The van der Waals surface area contributed by atoms with Gasteiger partial charge in [0.05, 0.1) is 22.7 Å². The Kier molecular flexibility index (Phi) is 6.78. The Morgan fingerprint density at radius 3 is 2.48 bits per heavy atom. The van der Waals surface area contributed by atoms with E-state index in [1.807, 2.05) is 0 Å². The number of nitrogens with one attached hydrogen (secondary N) is 2. The molecule has 0 saturated carbocycles. The third kappa shape index (κ3) is 5.77. The summed E-state index contributed by atoms with van der Waals surface area (Å²) in [4.78, 5) is 47.0. The zero-order chi connectivity index (χ0) is 22.4. The molecule has 0 fully saturated rings. The number of hydrogen-bond acceptors (Lipinski definition) is 6. The first-order valence-electron chi connectivity index (χ1n) is 8.99. The van der Waals surface area contributed by atoms with Crippen molar-refractivity contribution in [3.63, 3.8) is 0 Å². The second kappa shape index (κ2) is 9.68. The standard InChI is InChI=1S/C21H16ClN3O6/c22-14-3-6-16-17(9-14)31-11-13(20(16)28)10-23-25-19(27)8-7-18(26)24-15-4-1-12(2-5-15)21(29)30/h1-6,9-11H,7-8H2,(H,24,26)(H,25,27)(H,29,30). The molecule has 158 valence electrons. The summed E-state index contributed by atoms with van der Waals surface area (Å²) in [6.45, 7) is 0. The molecular weight excluding hydrogens is 426 g/mol. The van der Waals surface area contributed by atoms with Crippen LogP contribution < -0.4 is 16.2 Å². The first-order chi connectivity index (χ1) is 14.8. The van der Waals surface area contributed by atoms with Crippen LogP contribution in [0.5, 0.6) is 0 Å². The largest absolute Gasteiger partial charge is 0.478 e. The molecule has 10 heteroatoms. The molecule has 3 rings (SSSR count). The highest BCUT2D eigenvalue weighted by Crippen LogP contribution is 2.16. The molecule has 1 aromatic heterocycles. The van der Waals surface area contributed by atoms with E-state index in [2.05, 4.69) is 15.8 Å². The zero-order valence-electron chi connectivity index (χ0n) is 15.9. The third-order valence-electron chi connectivity index (χ3n) is 4.15. The molecule has 1 heterocycles. The lowest BCUT2D eigenvalue weighted by Gasteiger charge is -2.05. The van der Waals surface area contributed by atoms with Crippen LogP contribution in [0.4, 0.5) is 5.69 Å². The number of amides is 2. The summed E-state index contributed by atoms with van der Waals surface area (Å²) in [6, 6.07) is 10.2. The minimum atomic E-state index is -1.07. The summed E-state index contributed by atoms with van der Waals surface area (Å²) in [6.07, 6.45) is 2.11. The molecule has 0 aliphatic rings. The van der Waals surface area contributed by atoms with E-state index in [1.54, 1.807) is 6.07 Å². The Labute approximate surface area is 180 Å². The van der Waals surface area contributed by atoms with E-state index in [9.17, 15) is 19.2 Å². The molecule has 3 aromatic rings. The van der Waals surface area contributed by atoms with E-state index in [-0.39, 0.29) is 29.4 Å². The van der Waals surface area contributed by atoms with E-state index in [4.69, 9.17) is 21.1 Å². The molecular formula is C21H16ClN3O6. The normalized spacial score (nSPS) is 10.9. The van der Waals surface area contributed by atoms with Gasteiger partial charge >= 0.3 is 5.97 Å². The van der Waals surface area contributed by atoms with Crippen LogP contribution in [0.25, 0.3) is 11.0 Å². The summed E-state index contributed by atoms with van der Waals surface area (Å²) >= 11 is 5.86. The lowest BCUT2D eigenvalue weighted by Crippen LogP contribution is -2.21. The van der Waals surface area contributed by atoms with Crippen LogP contribution in [-0.2, 0) is 9.59 Å². The monoisotopic (exact) mass is 441 g/mol. The quantitative estimate of drug-likeness (QED) is 0.380. The van der Waals surface area contributed by atoms with Crippen molar-refractivity contribution in [2.75, 3.05) is 5.32 Å². The number of benzene rings is 2. The summed E-state index contributed by atoms with van der Waals surface area (Å²) in [5, 5.41) is 15.9. The number of hydrogen-bond donors (Lipinski definition) is 3. The summed E-state index contributed by atoms with van der Waals surface area (Å²) in [7, 11) is 0. The highest BCUT2D eigenvalue weighted by atomic mass is 35.5. The lowest BCUT2D eigenvalue weighted by molar-refractivity contribution is -0.124. The molecule has 31 heavy (non-hydrogen) atoms. The number of rotatable bonds is 7. The molecule has 0 radical (unpaired) electrons. The van der Waals surface area contributed by atoms with Crippen molar-refractivity contribution < 1.29 is 23.9 Å². The van der Waals surface area contributed by atoms with Gasteiger partial charge in [0.15, 0.2) is 0 Å². The van der Waals surface area contributed by atoms with Gasteiger partial charge in [-0.05, 0) is 36.4 Å². The van der Waals surface area contributed by atoms with Gasteiger partial charge in [-0.15, -0.1) is 0 Å². The Balaban J connectivity index is 1.50. The summed E-state index contributed by atoms with van der Waals surface area (Å²) < 4.78 is 5.34. The third-order valence-corrected chi connectivity index (χ3v) is 4.39. The van der Waals surface area contributed by atoms with Crippen molar-refractivity contribution in [2.24, 2.45) is 5.10 Å². The molecule has 0 atom stereocenters. The van der Waals surface area contributed by atoms with Gasteiger partial charge in [-0.1, -0.05) is 11.6 Å². The second-order valence-electron chi connectivity index (χ2n) is 6.38. The molecule has 3 N–H and O–H groups in total. The van der Waals surface area contributed by atoms with Gasteiger partial charge in [0.2, 0.25) is 17.2 Å². The molecule has 0 unspecified atom stereocenters. The van der Waals surface area contributed by atoms with Gasteiger partial charge in [-0.25, -0.2) is 10.2 Å². The lowest BCUT2D eigenvalue weighted by atomic mass is 10.2. The van der Waals surface area contributed by atoms with Crippen LogP contribution in [0, 0.1) is 0 Å². The molecule has 2 amide bonds. The van der Waals surface area contributed by atoms with E-state index >= 15 is 0 Å². The molecule has 0 bridgehead atoms. The molecule has 0 aliphatic heterocycles. The van der Waals surface area contributed by atoms with E-state index in [0.29, 0.717) is 21.7 Å². The number of fused-ring (bicyclic) bond motifs is 1. The number of anilines is 1. The number of halogens is 1. The SMILES string of the molecule is O=C(CCC(=O)Nc1ccc(C(=O)O)cc1)NN=Cc1coc2cc(Cl)ccc2c1=O. The van der Waals surface area contributed by atoms with Gasteiger partial charge in [-0.3, -0.25) is 14.4 Å². The Morgan fingerprint density at radius 2 is 1.77 bits per heavy atom. The highest BCUT2D eigenvalue weighted by Gasteiger charge is 2.09. The average molecular weight is 442 g/mol. The number of carboxylic acid groups (broad SMARTS) is 1. The predicted molar refractivity (Wildman–Crippen MR) is 114 cm³/mol. The number of hydrazone groups is 1. The first kappa shape index (κ1) is 21.7. The van der Waals surface area contributed by atoms with Crippen molar-refractivity contribution >= 4 is 52.3 Å². The number of carbonyl (C=O) groups is 3. The predicted octanol–water partition coefficient (Wildman–Crippen LogP) is 3.01. The topological polar surface area (TPSA) is 138 Å². The van der Waals surface area contributed by atoms with E-state index < -0.39 is 17.8 Å². The fraction of sp³-hybridized carbons (Fsp3) is 0.0952. The van der Waals surface area contributed by atoms with Crippen LogP contribution in [-0.4, -0.2) is 29.1 Å². The van der Waals surface area contributed by atoms with Crippen molar-refractivity contribution in [1.82, 2.24) is 5.43 Å². The van der Waals surface area contributed by atoms with Crippen LogP contribution in [0.1, 0.15) is 28.8 Å². The molecule has 0 aliphatic carbocycles. The Morgan fingerprint density at radius 1 is 1.06 bits per heavy atom. The van der Waals surface area contributed by atoms with Crippen LogP contribution >= 0.6 is 11.6 Å². The van der Waals surface area contributed by atoms with Gasteiger partial charge < -0.3 is 14.8 Å². The summed E-state index contributed by atoms with van der Waals surface area (Å²) in [5.41, 5.74) is 2.89.